The first-order valence-electron chi connectivity index (χ1n) is 3.66. The van der Waals surface area contributed by atoms with Gasteiger partial charge < -0.3 is 0 Å². The second kappa shape index (κ2) is 3.74. The molecule has 0 amide bonds. The molecule has 0 saturated carbocycles. The highest BCUT2D eigenvalue weighted by molar-refractivity contribution is 4.87. The number of nitrogens with two attached hydrogens (primary N) is 1. The van der Waals surface area contributed by atoms with E-state index in [1.54, 1.807) is 5.01 Å². The molecule has 0 rings (SSSR count). The maximum Gasteiger partial charge on any atom is 0.0352 e. The van der Waals surface area contributed by atoms with Crippen LogP contribution in [0.25, 0.3) is 0 Å². The molecule has 0 aromatic heterocycles. The smallest absolute Gasteiger partial charge is 0.0352 e. The fourth-order valence-electron chi connectivity index (χ4n) is 0.849. The molecule has 0 aliphatic heterocycles. The number of hydrogen-bond acceptors (Lipinski definition) is 2. The second-order valence-electron chi connectivity index (χ2n) is 2.95. The van der Waals surface area contributed by atoms with Crippen molar-refractivity contribution in [3.05, 3.63) is 12.7 Å². The van der Waals surface area contributed by atoms with E-state index in [1.165, 1.54) is 0 Å². The summed E-state index contributed by atoms with van der Waals surface area (Å²) in [6.45, 7) is 7.96. The Bertz CT molecular complexity index is 110. The Labute approximate surface area is 63.7 Å². The Kier molecular flexibility index (Phi) is 3.61. The van der Waals surface area contributed by atoms with Crippen LogP contribution in [0.1, 0.15) is 26.7 Å². The van der Waals surface area contributed by atoms with Gasteiger partial charge in [-0.1, -0.05) is 13.0 Å². The molecule has 0 aliphatic carbocycles. The maximum atomic E-state index is 5.65. The SMILES string of the molecule is C=CCC(C)(CC)N(C)N. The topological polar surface area (TPSA) is 29.3 Å². The van der Waals surface area contributed by atoms with Gasteiger partial charge in [-0.15, -0.1) is 6.58 Å². The maximum absolute atomic E-state index is 5.65. The fourth-order valence-corrected chi connectivity index (χ4v) is 0.849. The molecule has 1 atom stereocenters. The van der Waals surface area contributed by atoms with Gasteiger partial charge in [0.25, 0.3) is 0 Å². The van der Waals surface area contributed by atoms with Crippen LogP contribution in [0.5, 0.6) is 0 Å². The van der Waals surface area contributed by atoms with Crippen molar-refractivity contribution < 1.29 is 0 Å². The summed E-state index contributed by atoms with van der Waals surface area (Å²) in [5.41, 5.74) is 0.0851. The molecule has 1 unspecified atom stereocenters. The van der Waals surface area contributed by atoms with Crippen LogP contribution in [0.4, 0.5) is 0 Å². The Balaban J connectivity index is 4.07. The summed E-state index contributed by atoms with van der Waals surface area (Å²) in [5, 5.41) is 1.76. The third kappa shape index (κ3) is 2.12. The van der Waals surface area contributed by atoms with Gasteiger partial charge in [0.2, 0.25) is 0 Å². The van der Waals surface area contributed by atoms with Crippen LogP contribution in [0, 0.1) is 0 Å². The molecule has 60 valence electrons. The fraction of sp³-hybridized carbons (Fsp3) is 0.750. The zero-order valence-corrected chi connectivity index (χ0v) is 7.22. The van der Waals surface area contributed by atoms with Crippen LogP contribution in [-0.4, -0.2) is 17.6 Å². The molecule has 2 N–H and O–H groups in total. The van der Waals surface area contributed by atoms with Crippen molar-refractivity contribution in [2.45, 2.75) is 32.2 Å². The second-order valence-corrected chi connectivity index (χ2v) is 2.95. The Morgan fingerprint density at radius 3 is 2.30 bits per heavy atom. The number of hydrogen-bond donors (Lipinski definition) is 1. The molecule has 2 heteroatoms. The van der Waals surface area contributed by atoms with Gasteiger partial charge in [0.1, 0.15) is 0 Å². The molecule has 0 fully saturated rings. The molecule has 2 nitrogen and oxygen atoms in total. The van der Waals surface area contributed by atoms with E-state index in [9.17, 15) is 0 Å². The monoisotopic (exact) mass is 142 g/mol. The quantitative estimate of drug-likeness (QED) is 0.366. The zero-order valence-electron chi connectivity index (χ0n) is 7.22. The van der Waals surface area contributed by atoms with Crippen molar-refractivity contribution in [3.8, 4) is 0 Å². The van der Waals surface area contributed by atoms with E-state index in [0.717, 1.165) is 12.8 Å². The minimum Gasteiger partial charge on any atom is -0.269 e. The van der Waals surface area contributed by atoms with E-state index in [1.807, 2.05) is 13.1 Å². The highest BCUT2D eigenvalue weighted by atomic mass is 15.4. The minimum absolute atomic E-state index is 0.0851. The molecule has 0 aromatic rings. The standard InChI is InChI=1S/C8H18N2/c1-5-7-8(3,6-2)10(4)9/h5H,1,6-7,9H2,2-4H3. The van der Waals surface area contributed by atoms with Crippen molar-refractivity contribution in [1.82, 2.24) is 5.01 Å². The molecule has 0 radical (unpaired) electrons. The first kappa shape index (κ1) is 9.66. The van der Waals surface area contributed by atoms with Crippen LogP contribution >= 0.6 is 0 Å². The average Bonchev–Trinajstić information content (AvgIpc) is 1.88. The summed E-state index contributed by atoms with van der Waals surface area (Å²) in [6.07, 6.45) is 3.90. The third-order valence-corrected chi connectivity index (χ3v) is 2.20. The summed E-state index contributed by atoms with van der Waals surface area (Å²) in [6, 6.07) is 0. The van der Waals surface area contributed by atoms with Gasteiger partial charge >= 0.3 is 0 Å². The van der Waals surface area contributed by atoms with Crippen molar-refractivity contribution in [2.24, 2.45) is 5.84 Å². The molecular formula is C8H18N2. The van der Waals surface area contributed by atoms with Crippen molar-refractivity contribution in [3.63, 3.8) is 0 Å². The van der Waals surface area contributed by atoms with Gasteiger partial charge in [-0.2, -0.15) is 0 Å². The molecule has 0 aliphatic rings. The van der Waals surface area contributed by atoms with Gasteiger partial charge in [0.15, 0.2) is 0 Å². The number of nitrogens with zero attached hydrogens (tertiary/aromatic N) is 1. The highest BCUT2D eigenvalue weighted by Crippen LogP contribution is 2.18. The lowest BCUT2D eigenvalue weighted by molar-refractivity contribution is 0.136. The molecule has 10 heavy (non-hydrogen) atoms. The summed E-state index contributed by atoms with van der Waals surface area (Å²) in [4.78, 5) is 0. The van der Waals surface area contributed by atoms with E-state index in [4.69, 9.17) is 5.84 Å². The first-order chi connectivity index (χ1) is 4.56. The van der Waals surface area contributed by atoms with Crippen molar-refractivity contribution >= 4 is 0 Å². The van der Waals surface area contributed by atoms with Gasteiger partial charge in [-0.3, -0.25) is 5.84 Å². The molecule has 0 bridgehead atoms. The van der Waals surface area contributed by atoms with Gasteiger partial charge in [-0.25, -0.2) is 5.01 Å². The number of rotatable bonds is 4. The van der Waals surface area contributed by atoms with Crippen LogP contribution in [0.3, 0.4) is 0 Å². The van der Waals surface area contributed by atoms with E-state index in [-0.39, 0.29) is 5.54 Å². The Hall–Kier alpha value is -0.340. The largest absolute Gasteiger partial charge is 0.269 e. The minimum atomic E-state index is 0.0851. The van der Waals surface area contributed by atoms with Crippen molar-refractivity contribution in [1.29, 1.82) is 0 Å². The summed E-state index contributed by atoms with van der Waals surface area (Å²) in [7, 11) is 1.90. The van der Waals surface area contributed by atoms with Gasteiger partial charge in [0, 0.05) is 12.6 Å². The summed E-state index contributed by atoms with van der Waals surface area (Å²) < 4.78 is 0. The Morgan fingerprint density at radius 2 is 2.20 bits per heavy atom. The van der Waals surface area contributed by atoms with Crippen LogP contribution in [0.15, 0.2) is 12.7 Å². The Morgan fingerprint density at radius 1 is 1.70 bits per heavy atom. The van der Waals surface area contributed by atoms with Gasteiger partial charge in [-0.05, 0) is 19.8 Å². The van der Waals surface area contributed by atoms with Crippen LogP contribution in [-0.2, 0) is 0 Å². The van der Waals surface area contributed by atoms with E-state index in [2.05, 4.69) is 20.4 Å². The molecule has 0 heterocycles. The van der Waals surface area contributed by atoms with E-state index >= 15 is 0 Å². The predicted octanol–water partition coefficient (Wildman–Crippen LogP) is 1.54. The van der Waals surface area contributed by atoms with E-state index < -0.39 is 0 Å². The molecule has 0 aromatic carbocycles. The summed E-state index contributed by atoms with van der Waals surface area (Å²) in [5.74, 6) is 5.65. The lowest BCUT2D eigenvalue weighted by Crippen LogP contribution is -2.47. The lowest BCUT2D eigenvalue weighted by Gasteiger charge is -2.33. The van der Waals surface area contributed by atoms with Crippen LogP contribution in [0.2, 0.25) is 0 Å². The third-order valence-electron chi connectivity index (χ3n) is 2.20. The van der Waals surface area contributed by atoms with Gasteiger partial charge in [0.05, 0.1) is 0 Å². The van der Waals surface area contributed by atoms with Crippen LogP contribution < -0.4 is 5.84 Å². The number of hydrazine groups is 1. The van der Waals surface area contributed by atoms with E-state index in [0.29, 0.717) is 0 Å². The molecule has 0 saturated heterocycles. The lowest BCUT2D eigenvalue weighted by atomic mass is 9.94. The normalized spacial score (nSPS) is 16.9. The summed E-state index contributed by atoms with van der Waals surface area (Å²) >= 11 is 0. The zero-order chi connectivity index (χ0) is 8.20. The molecule has 0 spiro atoms. The average molecular weight is 142 g/mol. The highest BCUT2D eigenvalue weighted by Gasteiger charge is 2.22. The van der Waals surface area contributed by atoms with Crippen molar-refractivity contribution in [2.75, 3.05) is 7.05 Å². The predicted molar refractivity (Wildman–Crippen MR) is 45.5 cm³/mol. The molecular weight excluding hydrogens is 124 g/mol. The first-order valence-corrected chi connectivity index (χ1v) is 3.66.